The highest BCUT2D eigenvalue weighted by Crippen LogP contribution is 2.27. The molecule has 3 heterocycles. The summed E-state index contributed by atoms with van der Waals surface area (Å²) >= 11 is 5.31. The summed E-state index contributed by atoms with van der Waals surface area (Å²) in [6, 6.07) is 16.8. The molecule has 0 aliphatic carbocycles. The number of fused-ring (bicyclic) bond motifs is 1. The Morgan fingerprint density at radius 3 is 2.91 bits per heavy atom. The summed E-state index contributed by atoms with van der Waals surface area (Å²) in [5.74, 6) is 1.87. The fourth-order valence-electron chi connectivity index (χ4n) is 4.00. The third-order valence-corrected chi connectivity index (χ3v) is 7.14. The molecule has 0 unspecified atom stereocenters. The summed E-state index contributed by atoms with van der Waals surface area (Å²) in [5, 5.41) is 11.4. The molecular formula is C25H24BrN5S. The van der Waals surface area contributed by atoms with Crippen LogP contribution in [0.3, 0.4) is 0 Å². The molecule has 0 bridgehead atoms. The summed E-state index contributed by atoms with van der Waals surface area (Å²) < 4.78 is 3.39. The van der Waals surface area contributed by atoms with Crippen LogP contribution in [0.4, 0.5) is 0 Å². The number of para-hydroxylation sites is 1. The van der Waals surface area contributed by atoms with Crippen LogP contribution >= 0.6 is 27.7 Å². The maximum Gasteiger partial charge on any atom is 0.191 e. The normalized spacial score (nSPS) is 13.2. The van der Waals surface area contributed by atoms with Crippen molar-refractivity contribution in [3.8, 4) is 0 Å². The van der Waals surface area contributed by atoms with Gasteiger partial charge in [0.2, 0.25) is 0 Å². The second-order valence-corrected chi connectivity index (χ2v) is 9.71. The first-order chi connectivity index (χ1) is 15.8. The second-order valence-electron chi connectivity index (χ2n) is 7.85. The molecule has 0 atom stereocenters. The number of H-pyrrole nitrogens is 1. The zero-order valence-electron chi connectivity index (χ0n) is 17.7. The molecule has 0 fully saturated rings. The van der Waals surface area contributed by atoms with E-state index in [-0.39, 0.29) is 0 Å². The standard InChI is InChI=1S/C25H24BrN5S/c26-20-7-3-6-18(14-20)17-32-25-30-29-24(31(25)13-5-9-21-8-4-12-27-21)15-19-16-28-23-11-2-1-10-22(19)23/h1-3,6-8,10-12,14,16,28H,4-5,9,13,15,17H2. The lowest BCUT2D eigenvalue weighted by atomic mass is 10.1. The molecule has 0 spiro atoms. The Morgan fingerprint density at radius 1 is 1.09 bits per heavy atom. The van der Waals surface area contributed by atoms with Crippen molar-refractivity contribution in [2.24, 2.45) is 4.99 Å². The number of thioether (sulfide) groups is 1. The molecule has 162 valence electrons. The third-order valence-electron chi connectivity index (χ3n) is 5.60. The Balaban J connectivity index is 1.36. The Morgan fingerprint density at radius 2 is 2.03 bits per heavy atom. The van der Waals surface area contributed by atoms with Gasteiger partial charge in [0.25, 0.3) is 0 Å². The van der Waals surface area contributed by atoms with E-state index in [4.69, 9.17) is 0 Å². The zero-order valence-corrected chi connectivity index (χ0v) is 20.1. The van der Waals surface area contributed by atoms with Crippen LogP contribution in [0.1, 0.15) is 36.2 Å². The van der Waals surface area contributed by atoms with Crippen molar-refractivity contribution in [1.82, 2.24) is 19.7 Å². The van der Waals surface area contributed by atoms with E-state index in [0.29, 0.717) is 0 Å². The van der Waals surface area contributed by atoms with Gasteiger partial charge in [-0.2, -0.15) is 0 Å². The maximum absolute atomic E-state index is 4.60. The minimum absolute atomic E-state index is 0.759. The first kappa shape index (κ1) is 21.2. The average Bonchev–Trinajstić information content (AvgIpc) is 3.55. The number of hydrogen-bond donors (Lipinski definition) is 1. The number of aromatic amines is 1. The first-order valence-electron chi connectivity index (χ1n) is 10.8. The van der Waals surface area contributed by atoms with Gasteiger partial charge in [-0.25, -0.2) is 0 Å². The average molecular weight is 506 g/mol. The Kier molecular flexibility index (Phi) is 6.55. The topological polar surface area (TPSA) is 58.9 Å². The predicted octanol–water partition coefficient (Wildman–Crippen LogP) is 6.54. The monoisotopic (exact) mass is 505 g/mol. The molecule has 1 aliphatic rings. The van der Waals surface area contributed by atoms with Gasteiger partial charge in [-0.15, -0.1) is 10.2 Å². The molecular weight excluding hydrogens is 482 g/mol. The predicted molar refractivity (Wildman–Crippen MR) is 135 cm³/mol. The van der Waals surface area contributed by atoms with Crippen molar-refractivity contribution in [2.75, 3.05) is 0 Å². The molecule has 5 nitrogen and oxygen atoms in total. The van der Waals surface area contributed by atoms with Crippen LogP contribution in [0.25, 0.3) is 10.9 Å². The van der Waals surface area contributed by atoms with Gasteiger partial charge in [0, 0.05) is 58.6 Å². The van der Waals surface area contributed by atoms with Crippen molar-refractivity contribution in [1.29, 1.82) is 0 Å². The lowest BCUT2D eigenvalue weighted by molar-refractivity contribution is 0.573. The molecule has 7 heteroatoms. The molecule has 2 aromatic heterocycles. The van der Waals surface area contributed by atoms with E-state index in [2.05, 4.69) is 101 Å². The van der Waals surface area contributed by atoms with Crippen LogP contribution in [-0.4, -0.2) is 26.0 Å². The third kappa shape index (κ3) is 4.89. The molecule has 0 radical (unpaired) electrons. The molecule has 2 aromatic carbocycles. The van der Waals surface area contributed by atoms with Crippen molar-refractivity contribution in [3.63, 3.8) is 0 Å². The van der Waals surface area contributed by atoms with Crippen LogP contribution in [0.2, 0.25) is 0 Å². The quantitative estimate of drug-likeness (QED) is 0.262. The molecule has 4 aromatic rings. The van der Waals surface area contributed by atoms with Crippen LogP contribution < -0.4 is 0 Å². The van der Waals surface area contributed by atoms with Gasteiger partial charge >= 0.3 is 0 Å². The highest BCUT2D eigenvalue weighted by atomic mass is 79.9. The minimum Gasteiger partial charge on any atom is -0.361 e. The molecule has 0 amide bonds. The SMILES string of the molecule is Brc1cccc(CSc2nnc(Cc3c[nH]c4ccccc34)n2CCCC2=CCC=N2)c1. The fourth-order valence-corrected chi connectivity index (χ4v) is 5.37. The van der Waals surface area contributed by atoms with E-state index in [1.54, 1.807) is 11.8 Å². The summed E-state index contributed by atoms with van der Waals surface area (Å²) in [6.45, 7) is 0.887. The fraction of sp³-hybridized carbons (Fsp3) is 0.240. The zero-order chi connectivity index (χ0) is 21.8. The summed E-state index contributed by atoms with van der Waals surface area (Å²) in [4.78, 5) is 7.84. The lowest BCUT2D eigenvalue weighted by Gasteiger charge is -2.10. The van der Waals surface area contributed by atoms with E-state index < -0.39 is 0 Å². The number of halogens is 1. The van der Waals surface area contributed by atoms with Crippen LogP contribution in [-0.2, 0) is 18.7 Å². The van der Waals surface area contributed by atoms with E-state index >= 15 is 0 Å². The second kappa shape index (κ2) is 9.88. The molecule has 0 saturated heterocycles. The smallest absolute Gasteiger partial charge is 0.191 e. The summed E-state index contributed by atoms with van der Waals surface area (Å²) in [7, 11) is 0. The molecule has 1 N–H and O–H groups in total. The van der Waals surface area contributed by atoms with Gasteiger partial charge in [0.1, 0.15) is 5.82 Å². The number of aliphatic imine (C=N–C) groups is 1. The van der Waals surface area contributed by atoms with Crippen molar-refractivity contribution in [3.05, 3.63) is 87.9 Å². The summed E-state index contributed by atoms with van der Waals surface area (Å²) in [6.07, 6.45) is 10.0. The van der Waals surface area contributed by atoms with Gasteiger partial charge in [0.15, 0.2) is 5.16 Å². The maximum atomic E-state index is 4.60. The van der Waals surface area contributed by atoms with E-state index in [1.807, 2.05) is 6.21 Å². The number of rotatable bonds is 9. The van der Waals surface area contributed by atoms with Gasteiger partial charge in [-0.1, -0.05) is 64.1 Å². The van der Waals surface area contributed by atoms with Gasteiger partial charge in [-0.3, -0.25) is 4.99 Å². The van der Waals surface area contributed by atoms with Gasteiger partial charge < -0.3 is 9.55 Å². The first-order valence-corrected chi connectivity index (χ1v) is 12.6. The van der Waals surface area contributed by atoms with E-state index in [0.717, 1.165) is 59.0 Å². The van der Waals surface area contributed by atoms with Crippen LogP contribution in [0.15, 0.2) is 81.1 Å². The Hall–Kier alpha value is -2.64. The number of nitrogens with zero attached hydrogens (tertiary/aromatic N) is 4. The van der Waals surface area contributed by atoms with Gasteiger partial charge in [0.05, 0.1) is 0 Å². The highest BCUT2D eigenvalue weighted by molar-refractivity contribution is 9.10. The Bertz CT molecular complexity index is 1290. The Labute approximate surface area is 200 Å². The lowest BCUT2D eigenvalue weighted by Crippen LogP contribution is -2.06. The van der Waals surface area contributed by atoms with Crippen molar-refractivity contribution < 1.29 is 0 Å². The number of hydrogen-bond acceptors (Lipinski definition) is 4. The van der Waals surface area contributed by atoms with E-state index in [9.17, 15) is 0 Å². The summed E-state index contributed by atoms with van der Waals surface area (Å²) in [5.41, 5.74) is 4.87. The number of allylic oxidation sites excluding steroid dienone is 2. The number of aromatic nitrogens is 4. The highest BCUT2D eigenvalue weighted by Gasteiger charge is 2.15. The van der Waals surface area contributed by atoms with Crippen molar-refractivity contribution >= 4 is 44.8 Å². The number of benzene rings is 2. The van der Waals surface area contributed by atoms with Crippen LogP contribution in [0.5, 0.6) is 0 Å². The molecule has 32 heavy (non-hydrogen) atoms. The minimum atomic E-state index is 0.759. The van der Waals surface area contributed by atoms with Gasteiger partial charge in [-0.05, 0) is 42.2 Å². The van der Waals surface area contributed by atoms with Crippen LogP contribution in [0, 0.1) is 0 Å². The largest absolute Gasteiger partial charge is 0.361 e. The van der Waals surface area contributed by atoms with E-state index in [1.165, 1.54) is 22.2 Å². The molecule has 0 saturated carbocycles. The van der Waals surface area contributed by atoms with Crippen molar-refractivity contribution in [2.45, 2.75) is 43.1 Å². The molecule has 5 rings (SSSR count). The number of nitrogens with one attached hydrogen (secondary N) is 1. The molecule has 1 aliphatic heterocycles.